The summed E-state index contributed by atoms with van der Waals surface area (Å²) in [4.78, 5) is 27.7. The second-order valence-electron chi connectivity index (χ2n) is 6.02. The molecule has 0 saturated heterocycles. The SMILES string of the molecule is CCOC(=O)c1c(C)[nH]c2c(=O)n(C)cc(C#CC(C)(C)OC)c12. The highest BCUT2D eigenvalue weighted by molar-refractivity contribution is 6.07. The average Bonchev–Trinajstić information content (AvgIpc) is 2.87. The fourth-order valence-corrected chi connectivity index (χ4v) is 2.37. The second kappa shape index (κ2) is 6.54. The number of methoxy groups -OCH3 is 1. The van der Waals surface area contributed by atoms with Crippen molar-refractivity contribution in [1.82, 2.24) is 9.55 Å². The van der Waals surface area contributed by atoms with E-state index in [1.165, 1.54) is 4.57 Å². The van der Waals surface area contributed by atoms with Crippen LogP contribution < -0.4 is 5.56 Å². The molecule has 0 aliphatic rings. The molecular weight excluding hydrogens is 308 g/mol. The third-order valence-corrected chi connectivity index (χ3v) is 3.80. The summed E-state index contributed by atoms with van der Waals surface area (Å²) in [6.07, 6.45) is 1.62. The molecule has 0 radical (unpaired) electrons. The molecule has 128 valence electrons. The first-order chi connectivity index (χ1) is 11.2. The number of ether oxygens (including phenoxy) is 2. The Morgan fingerprint density at radius 2 is 2.08 bits per heavy atom. The third kappa shape index (κ3) is 3.22. The Labute approximate surface area is 140 Å². The monoisotopic (exact) mass is 330 g/mol. The van der Waals surface area contributed by atoms with Crippen molar-refractivity contribution in [3.05, 3.63) is 33.4 Å². The number of hydrogen-bond acceptors (Lipinski definition) is 4. The zero-order chi connectivity index (χ0) is 18.1. The lowest BCUT2D eigenvalue weighted by atomic mass is 10.1. The molecule has 0 aromatic carbocycles. The highest BCUT2D eigenvalue weighted by atomic mass is 16.5. The smallest absolute Gasteiger partial charge is 0.340 e. The van der Waals surface area contributed by atoms with Crippen molar-refractivity contribution in [2.75, 3.05) is 13.7 Å². The maximum absolute atomic E-state index is 12.4. The van der Waals surface area contributed by atoms with Gasteiger partial charge in [-0.25, -0.2) is 4.79 Å². The summed E-state index contributed by atoms with van der Waals surface area (Å²) in [5.74, 6) is 5.58. The van der Waals surface area contributed by atoms with Gasteiger partial charge in [0, 0.05) is 31.4 Å². The van der Waals surface area contributed by atoms with E-state index >= 15 is 0 Å². The van der Waals surface area contributed by atoms with Gasteiger partial charge in [0.15, 0.2) is 0 Å². The largest absolute Gasteiger partial charge is 0.462 e. The Morgan fingerprint density at radius 3 is 2.67 bits per heavy atom. The highest BCUT2D eigenvalue weighted by Gasteiger charge is 2.22. The number of carbonyl (C=O) groups is 1. The topological polar surface area (TPSA) is 73.3 Å². The molecule has 2 heterocycles. The molecule has 0 aliphatic carbocycles. The first kappa shape index (κ1) is 17.8. The van der Waals surface area contributed by atoms with Crippen LogP contribution in [0.5, 0.6) is 0 Å². The fraction of sp³-hybridized carbons (Fsp3) is 0.444. The summed E-state index contributed by atoms with van der Waals surface area (Å²) in [6.45, 7) is 7.42. The molecule has 2 rings (SSSR count). The van der Waals surface area contributed by atoms with Crippen LogP contribution in [0.3, 0.4) is 0 Å². The molecule has 6 heteroatoms. The summed E-state index contributed by atoms with van der Waals surface area (Å²) < 4.78 is 11.9. The van der Waals surface area contributed by atoms with E-state index < -0.39 is 11.6 Å². The van der Waals surface area contributed by atoms with Crippen LogP contribution in [0.25, 0.3) is 10.9 Å². The van der Waals surface area contributed by atoms with Gasteiger partial charge in [-0.15, -0.1) is 0 Å². The van der Waals surface area contributed by atoms with Crippen molar-refractivity contribution in [2.24, 2.45) is 7.05 Å². The van der Waals surface area contributed by atoms with E-state index in [1.807, 2.05) is 13.8 Å². The van der Waals surface area contributed by atoms with E-state index in [0.29, 0.717) is 27.7 Å². The van der Waals surface area contributed by atoms with Gasteiger partial charge in [-0.2, -0.15) is 0 Å². The quantitative estimate of drug-likeness (QED) is 0.691. The molecule has 24 heavy (non-hydrogen) atoms. The van der Waals surface area contributed by atoms with Crippen LogP contribution in [0, 0.1) is 18.8 Å². The molecule has 2 aromatic heterocycles. The first-order valence-electron chi connectivity index (χ1n) is 7.69. The summed E-state index contributed by atoms with van der Waals surface area (Å²) in [6, 6.07) is 0. The first-order valence-corrected chi connectivity index (χ1v) is 7.69. The standard InChI is InChI=1S/C18H22N2O4/c1-7-24-17(22)13-11(2)19-15-14(13)12(10-20(5)16(15)21)8-9-18(3,4)23-6/h10,19H,7H2,1-6H3. The lowest BCUT2D eigenvalue weighted by Gasteiger charge is -2.14. The minimum absolute atomic E-state index is 0.222. The molecule has 0 atom stereocenters. The summed E-state index contributed by atoms with van der Waals surface area (Å²) >= 11 is 0. The van der Waals surface area contributed by atoms with Gasteiger partial charge >= 0.3 is 5.97 Å². The molecule has 0 unspecified atom stereocenters. The molecule has 0 amide bonds. The molecule has 0 aliphatic heterocycles. The lowest BCUT2D eigenvalue weighted by Crippen LogP contribution is -2.20. The summed E-state index contributed by atoms with van der Waals surface area (Å²) in [7, 11) is 3.23. The number of H-pyrrole nitrogens is 1. The van der Waals surface area contributed by atoms with E-state index in [4.69, 9.17) is 9.47 Å². The Bertz CT molecular complexity index is 907. The zero-order valence-electron chi connectivity index (χ0n) is 14.9. The van der Waals surface area contributed by atoms with Crippen molar-refractivity contribution in [3.63, 3.8) is 0 Å². The average molecular weight is 330 g/mol. The Balaban J connectivity index is 2.82. The number of carbonyl (C=O) groups excluding carboxylic acids is 1. The van der Waals surface area contributed by atoms with E-state index in [0.717, 1.165) is 0 Å². The number of nitrogens with one attached hydrogen (secondary N) is 1. The van der Waals surface area contributed by atoms with Gasteiger partial charge < -0.3 is 19.0 Å². The lowest BCUT2D eigenvalue weighted by molar-refractivity contribution is 0.0528. The number of pyridine rings is 1. The Hall–Kier alpha value is -2.52. The number of esters is 1. The molecular formula is C18H22N2O4. The molecule has 0 spiro atoms. The van der Waals surface area contributed by atoms with E-state index in [1.54, 1.807) is 34.2 Å². The number of hydrogen-bond donors (Lipinski definition) is 1. The number of rotatable bonds is 3. The number of fused-ring (bicyclic) bond motifs is 1. The van der Waals surface area contributed by atoms with Crippen LogP contribution >= 0.6 is 0 Å². The predicted octanol–water partition coefficient (Wildman–Crippen LogP) is 2.13. The van der Waals surface area contributed by atoms with Crippen LogP contribution in [0.4, 0.5) is 0 Å². The predicted molar refractivity (Wildman–Crippen MR) is 92.2 cm³/mol. The van der Waals surface area contributed by atoms with Gasteiger partial charge in [0.2, 0.25) is 0 Å². The van der Waals surface area contributed by atoms with Crippen LogP contribution in [0.2, 0.25) is 0 Å². The van der Waals surface area contributed by atoms with Gasteiger partial charge in [0.05, 0.1) is 17.7 Å². The second-order valence-corrected chi connectivity index (χ2v) is 6.02. The van der Waals surface area contributed by atoms with Crippen LogP contribution in [0.15, 0.2) is 11.0 Å². The number of aromatic nitrogens is 2. The molecule has 0 fully saturated rings. The molecule has 0 bridgehead atoms. The number of nitrogens with zero attached hydrogens (tertiary/aromatic N) is 1. The Morgan fingerprint density at radius 1 is 1.42 bits per heavy atom. The van der Waals surface area contributed by atoms with E-state index in [9.17, 15) is 9.59 Å². The van der Waals surface area contributed by atoms with Crippen LogP contribution in [-0.4, -0.2) is 34.8 Å². The van der Waals surface area contributed by atoms with Crippen LogP contribution in [-0.2, 0) is 16.5 Å². The van der Waals surface area contributed by atoms with Crippen molar-refractivity contribution < 1.29 is 14.3 Å². The van der Waals surface area contributed by atoms with Gasteiger partial charge in [-0.05, 0) is 27.7 Å². The van der Waals surface area contributed by atoms with Gasteiger partial charge in [0.25, 0.3) is 5.56 Å². The van der Waals surface area contributed by atoms with Crippen molar-refractivity contribution in [3.8, 4) is 11.8 Å². The third-order valence-electron chi connectivity index (χ3n) is 3.80. The normalized spacial score (nSPS) is 11.2. The van der Waals surface area contributed by atoms with E-state index in [2.05, 4.69) is 16.8 Å². The van der Waals surface area contributed by atoms with Crippen LogP contribution in [0.1, 0.15) is 42.4 Å². The molecule has 2 aromatic rings. The van der Waals surface area contributed by atoms with Gasteiger partial charge in [0.1, 0.15) is 11.1 Å². The van der Waals surface area contributed by atoms with Gasteiger partial charge in [-0.3, -0.25) is 4.79 Å². The molecule has 6 nitrogen and oxygen atoms in total. The summed E-state index contributed by atoms with van der Waals surface area (Å²) in [5.41, 5.74) is 0.992. The fourth-order valence-electron chi connectivity index (χ4n) is 2.37. The molecule has 0 saturated carbocycles. The highest BCUT2D eigenvalue weighted by Crippen LogP contribution is 2.24. The van der Waals surface area contributed by atoms with Gasteiger partial charge in [-0.1, -0.05) is 11.8 Å². The van der Waals surface area contributed by atoms with Crippen molar-refractivity contribution in [1.29, 1.82) is 0 Å². The Kier molecular flexibility index (Phi) is 4.86. The summed E-state index contributed by atoms with van der Waals surface area (Å²) in [5, 5.41) is 0.494. The van der Waals surface area contributed by atoms with E-state index in [-0.39, 0.29) is 12.2 Å². The van der Waals surface area contributed by atoms with Crippen molar-refractivity contribution in [2.45, 2.75) is 33.3 Å². The zero-order valence-corrected chi connectivity index (χ0v) is 14.9. The number of aromatic amines is 1. The number of aryl methyl sites for hydroxylation is 2. The minimum Gasteiger partial charge on any atom is -0.462 e. The molecule has 1 N–H and O–H groups in total. The minimum atomic E-state index is -0.642. The van der Waals surface area contributed by atoms with Crippen molar-refractivity contribution >= 4 is 16.9 Å². The maximum Gasteiger partial charge on any atom is 0.340 e. The maximum atomic E-state index is 12.4.